The molecular formula is C18H25N3. The van der Waals surface area contributed by atoms with Gasteiger partial charge < -0.3 is 5.32 Å². The van der Waals surface area contributed by atoms with Crippen LogP contribution in [0.25, 0.3) is 0 Å². The van der Waals surface area contributed by atoms with E-state index >= 15 is 0 Å². The maximum atomic E-state index is 8.92. The summed E-state index contributed by atoms with van der Waals surface area (Å²) in [4.78, 5) is 2.67. The van der Waals surface area contributed by atoms with E-state index in [4.69, 9.17) is 5.26 Å². The van der Waals surface area contributed by atoms with Crippen LogP contribution >= 0.6 is 0 Å². The molecule has 112 valence electrons. The van der Waals surface area contributed by atoms with Crippen LogP contribution in [0.15, 0.2) is 24.3 Å². The lowest BCUT2D eigenvalue weighted by Gasteiger charge is -2.35. The molecule has 1 heterocycles. The van der Waals surface area contributed by atoms with Gasteiger partial charge in [0.05, 0.1) is 11.6 Å². The Morgan fingerprint density at radius 3 is 2.57 bits per heavy atom. The van der Waals surface area contributed by atoms with Gasteiger partial charge in [0.25, 0.3) is 0 Å². The van der Waals surface area contributed by atoms with Crippen molar-refractivity contribution in [3.63, 3.8) is 0 Å². The van der Waals surface area contributed by atoms with Crippen molar-refractivity contribution in [2.45, 2.75) is 57.2 Å². The van der Waals surface area contributed by atoms with Crippen molar-refractivity contribution in [1.82, 2.24) is 10.2 Å². The molecule has 2 fully saturated rings. The number of rotatable bonds is 5. The molecule has 1 saturated carbocycles. The second-order valence-electron chi connectivity index (χ2n) is 6.48. The highest BCUT2D eigenvalue weighted by Crippen LogP contribution is 2.34. The molecule has 3 rings (SSSR count). The number of nitrogens with zero attached hydrogens (tertiary/aromatic N) is 2. The molecule has 2 unspecified atom stereocenters. The zero-order valence-electron chi connectivity index (χ0n) is 12.9. The number of nitriles is 1. The molecule has 0 amide bonds. The van der Waals surface area contributed by atoms with Crippen LogP contribution in [0.1, 0.15) is 56.2 Å². The average Bonchev–Trinajstić information content (AvgIpc) is 3.38. The van der Waals surface area contributed by atoms with Crippen molar-refractivity contribution in [2.75, 3.05) is 13.1 Å². The van der Waals surface area contributed by atoms with Crippen LogP contribution in [0.4, 0.5) is 0 Å². The first kappa shape index (κ1) is 14.6. The maximum absolute atomic E-state index is 8.92. The van der Waals surface area contributed by atoms with Crippen molar-refractivity contribution in [3.8, 4) is 6.07 Å². The maximum Gasteiger partial charge on any atom is 0.0991 e. The van der Waals surface area contributed by atoms with Crippen molar-refractivity contribution in [3.05, 3.63) is 35.4 Å². The van der Waals surface area contributed by atoms with E-state index in [9.17, 15) is 0 Å². The standard InChI is InChI=1S/C18H25N3/c1-14(16-7-5-15(12-19)6-8-16)21(18-9-10-18)13-17-4-2-3-11-20-17/h5-8,14,17-18,20H,2-4,9-11,13H2,1H3. The van der Waals surface area contributed by atoms with E-state index in [1.807, 2.05) is 12.1 Å². The van der Waals surface area contributed by atoms with Crippen LogP contribution in [0.2, 0.25) is 0 Å². The normalized spacial score (nSPS) is 23.8. The second-order valence-corrected chi connectivity index (χ2v) is 6.48. The number of nitrogens with one attached hydrogen (secondary N) is 1. The molecule has 0 spiro atoms. The Hall–Kier alpha value is -1.37. The molecule has 1 saturated heterocycles. The van der Waals surface area contributed by atoms with Crippen molar-refractivity contribution in [1.29, 1.82) is 5.26 Å². The molecular weight excluding hydrogens is 258 g/mol. The third-order valence-electron chi connectivity index (χ3n) is 4.88. The summed E-state index contributed by atoms with van der Waals surface area (Å²) in [6, 6.07) is 12.2. The Kier molecular flexibility index (Phi) is 4.57. The molecule has 0 aromatic heterocycles. The lowest BCUT2D eigenvalue weighted by molar-refractivity contribution is 0.167. The number of hydrogen-bond donors (Lipinski definition) is 1. The molecule has 2 aliphatic rings. The Bertz CT molecular complexity index is 492. The fourth-order valence-corrected chi connectivity index (χ4v) is 3.39. The summed E-state index contributed by atoms with van der Waals surface area (Å²) in [5.41, 5.74) is 2.08. The molecule has 2 atom stereocenters. The van der Waals surface area contributed by atoms with Crippen molar-refractivity contribution < 1.29 is 0 Å². The van der Waals surface area contributed by atoms with Gasteiger partial charge in [-0.3, -0.25) is 4.90 Å². The summed E-state index contributed by atoms with van der Waals surface area (Å²) in [7, 11) is 0. The van der Waals surface area contributed by atoms with Gasteiger partial charge in [-0.1, -0.05) is 18.6 Å². The van der Waals surface area contributed by atoms with Crippen LogP contribution < -0.4 is 5.32 Å². The van der Waals surface area contributed by atoms with Gasteiger partial charge in [0.1, 0.15) is 0 Å². The van der Waals surface area contributed by atoms with Crippen LogP contribution in [0.3, 0.4) is 0 Å². The number of piperidine rings is 1. The minimum atomic E-state index is 0.439. The molecule has 1 N–H and O–H groups in total. The van der Waals surface area contributed by atoms with Crippen LogP contribution in [0.5, 0.6) is 0 Å². The lowest BCUT2D eigenvalue weighted by atomic mass is 10.0. The Morgan fingerprint density at radius 1 is 1.24 bits per heavy atom. The number of benzene rings is 1. The molecule has 3 heteroatoms. The first-order valence-electron chi connectivity index (χ1n) is 8.27. The predicted octanol–water partition coefficient (Wildman–Crippen LogP) is 3.23. The molecule has 0 radical (unpaired) electrons. The molecule has 1 aliphatic heterocycles. The fourth-order valence-electron chi connectivity index (χ4n) is 3.39. The zero-order chi connectivity index (χ0) is 14.7. The van der Waals surface area contributed by atoms with Gasteiger partial charge >= 0.3 is 0 Å². The predicted molar refractivity (Wildman–Crippen MR) is 84.9 cm³/mol. The highest BCUT2D eigenvalue weighted by Gasteiger charge is 2.34. The van der Waals surface area contributed by atoms with Gasteiger partial charge in [0.15, 0.2) is 0 Å². The number of hydrogen-bond acceptors (Lipinski definition) is 3. The van der Waals surface area contributed by atoms with E-state index in [0.717, 1.165) is 18.2 Å². The first-order valence-corrected chi connectivity index (χ1v) is 8.27. The minimum absolute atomic E-state index is 0.439. The Balaban J connectivity index is 1.68. The smallest absolute Gasteiger partial charge is 0.0991 e. The molecule has 1 aromatic rings. The van der Waals surface area contributed by atoms with Crippen molar-refractivity contribution >= 4 is 0 Å². The van der Waals surface area contributed by atoms with E-state index in [-0.39, 0.29) is 0 Å². The summed E-state index contributed by atoms with van der Waals surface area (Å²) in [6.45, 7) is 4.64. The first-order chi connectivity index (χ1) is 10.3. The van der Waals surface area contributed by atoms with E-state index in [1.54, 1.807) is 0 Å². The second kappa shape index (κ2) is 6.60. The highest BCUT2D eigenvalue weighted by atomic mass is 15.2. The van der Waals surface area contributed by atoms with Gasteiger partial charge in [0.2, 0.25) is 0 Å². The third-order valence-corrected chi connectivity index (χ3v) is 4.88. The van der Waals surface area contributed by atoms with Gasteiger partial charge in [-0.25, -0.2) is 0 Å². The summed E-state index contributed by atoms with van der Waals surface area (Å²) in [5.74, 6) is 0. The Labute approximate surface area is 128 Å². The lowest BCUT2D eigenvalue weighted by Crippen LogP contribution is -2.45. The molecule has 3 nitrogen and oxygen atoms in total. The third kappa shape index (κ3) is 3.64. The Morgan fingerprint density at radius 2 is 2.00 bits per heavy atom. The van der Waals surface area contributed by atoms with Gasteiger partial charge in [-0.15, -0.1) is 0 Å². The fraction of sp³-hybridized carbons (Fsp3) is 0.611. The monoisotopic (exact) mass is 283 g/mol. The molecule has 0 bridgehead atoms. The van der Waals surface area contributed by atoms with Crippen LogP contribution in [0, 0.1) is 11.3 Å². The molecule has 1 aliphatic carbocycles. The summed E-state index contributed by atoms with van der Waals surface area (Å²) in [5, 5.41) is 12.6. The summed E-state index contributed by atoms with van der Waals surface area (Å²) < 4.78 is 0. The van der Waals surface area contributed by atoms with E-state index in [0.29, 0.717) is 12.1 Å². The zero-order valence-corrected chi connectivity index (χ0v) is 12.9. The minimum Gasteiger partial charge on any atom is -0.313 e. The van der Waals surface area contributed by atoms with E-state index in [1.165, 1.54) is 44.2 Å². The van der Waals surface area contributed by atoms with E-state index < -0.39 is 0 Å². The largest absolute Gasteiger partial charge is 0.313 e. The molecule has 1 aromatic carbocycles. The van der Waals surface area contributed by atoms with Crippen molar-refractivity contribution in [2.24, 2.45) is 0 Å². The summed E-state index contributed by atoms with van der Waals surface area (Å²) >= 11 is 0. The topological polar surface area (TPSA) is 39.1 Å². The van der Waals surface area contributed by atoms with E-state index in [2.05, 4.69) is 35.3 Å². The van der Waals surface area contributed by atoms with Gasteiger partial charge in [-0.2, -0.15) is 5.26 Å². The average molecular weight is 283 g/mol. The SMILES string of the molecule is CC(c1ccc(C#N)cc1)N(CC1CCCCN1)C1CC1. The van der Waals surface area contributed by atoms with Gasteiger partial charge in [-0.05, 0) is 56.8 Å². The van der Waals surface area contributed by atoms with Crippen LogP contribution in [-0.2, 0) is 0 Å². The van der Waals surface area contributed by atoms with Gasteiger partial charge in [0, 0.05) is 24.7 Å². The summed E-state index contributed by atoms with van der Waals surface area (Å²) in [6.07, 6.45) is 6.68. The quantitative estimate of drug-likeness (QED) is 0.901. The molecule has 21 heavy (non-hydrogen) atoms. The van der Waals surface area contributed by atoms with Crippen LogP contribution in [-0.4, -0.2) is 30.1 Å². The highest BCUT2D eigenvalue weighted by molar-refractivity contribution is 5.32.